The van der Waals surface area contributed by atoms with E-state index in [2.05, 4.69) is 66.0 Å². The fraction of sp³-hybridized carbons (Fsp3) is 0.644. The first-order valence-electron chi connectivity index (χ1n) is 19.1. The van der Waals surface area contributed by atoms with E-state index >= 15 is 0 Å². The van der Waals surface area contributed by atoms with Gasteiger partial charge in [0.15, 0.2) is 0 Å². The van der Waals surface area contributed by atoms with Crippen LogP contribution in [0, 0.1) is 50.7 Å². The topological polar surface area (TPSA) is 52.6 Å². The number of esters is 2. The van der Waals surface area contributed by atoms with Crippen molar-refractivity contribution in [3.63, 3.8) is 0 Å². The minimum Gasteiger partial charge on any atom is -0.460 e. The predicted octanol–water partition coefficient (Wildman–Crippen LogP) is 11.3. The normalized spacial score (nSPS) is 37.9. The molecule has 5 aliphatic carbocycles. The van der Waals surface area contributed by atoms with Crippen LogP contribution >= 0.6 is 0 Å². The van der Waals surface area contributed by atoms with Gasteiger partial charge >= 0.3 is 11.9 Å². The highest BCUT2D eigenvalue weighted by molar-refractivity contribution is 5.90. The van der Waals surface area contributed by atoms with Crippen molar-refractivity contribution in [1.82, 2.24) is 0 Å². The Morgan fingerprint density at radius 2 is 1.59 bits per heavy atom. The highest BCUT2D eigenvalue weighted by Gasteiger charge is 2.70. The molecule has 4 fully saturated rings. The molecule has 0 spiro atoms. The molecule has 0 bridgehead atoms. The second kappa shape index (κ2) is 12.4. The highest BCUT2D eigenvalue weighted by Crippen LogP contribution is 2.77. The number of rotatable bonds is 7. The van der Waals surface area contributed by atoms with Crippen molar-refractivity contribution in [3.8, 4) is 0 Å². The molecule has 0 amide bonds. The summed E-state index contributed by atoms with van der Waals surface area (Å²) in [6.45, 7) is 26.7. The number of fused-ring (bicyclic) bond motifs is 7. The van der Waals surface area contributed by atoms with Crippen LogP contribution in [0.25, 0.3) is 5.57 Å². The van der Waals surface area contributed by atoms with Crippen LogP contribution in [0.5, 0.6) is 0 Å². The third-order valence-corrected chi connectivity index (χ3v) is 15.0. The molecule has 0 N–H and O–H groups in total. The Morgan fingerprint density at radius 1 is 0.878 bits per heavy atom. The summed E-state index contributed by atoms with van der Waals surface area (Å²) in [6.07, 6.45) is 19.4. The molecule has 4 saturated carbocycles. The minimum atomic E-state index is -0.511. The molecule has 49 heavy (non-hydrogen) atoms. The van der Waals surface area contributed by atoms with Gasteiger partial charge in [-0.2, -0.15) is 0 Å². The average Bonchev–Trinajstić information content (AvgIpc) is 3.47. The van der Waals surface area contributed by atoms with Crippen molar-refractivity contribution >= 4 is 17.5 Å². The van der Waals surface area contributed by atoms with E-state index in [4.69, 9.17) is 9.47 Å². The Morgan fingerprint density at radius 3 is 2.27 bits per heavy atom. The fourth-order valence-corrected chi connectivity index (χ4v) is 12.7. The maximum Gasteiger partial charge on any atom is 0.338 e. The number of hydrogen-bond donors (Lipinski definition) is 0. The highest BCUT2D eigenvalue weighted by atomic mass is 16.6. The summed E-state index contributed by atoms with van der Waals surface area (Å²) in [5.74, 6) is 1.96. The van der Waals surface area contributed by atoms with Gasteiger partial charge < -0.3 is 9.47 Å². The molecule has 6 rings (SSSR count). The lowest BCUT2D eigenvalue weighted by molar-refractivity contribution is -0.226. The minimum absolute atomic E-state index is 0.0152. The van der Waals surface area contributed by atoms with Crippen molar-refractivity contribution in [2.45, 2.75) is 125 Å². The smallest absolute Gasteiger partial charge is 0.338 e. The van der Waals surface area contributed by atoms with E-state index in [0.29, 0.717) is 29.2 Å². The van der Waals surface area contributed by atoms with Crippen LogP contribution in [0.15, 0.2) is 67.3 Å². The Kier molecular flexibility index (Phi) is 9.10. The lowest BCUT2D eigenvalue weighted by Crippen LogP contribution is -2.65. The van der Waals surface area contributed by atoms with E-state index in [1.807, 2.05) is 45.1 Å². The van der Waals surface area contributed by atoms with Crippen LogP contribution < -0.4 is 0 Å². The molecule has 5 aliphatic rings. The third kappa shape index (κ3) is 5.72. The largest absolute Gasteiger partial charge is 0.460 e. The molecule has 0 saturated heterocycles. The lowest BCUT2D eigenvalue weighted by Gasteiger charge is -2.72. The van der Waals surface area contributed by atoms with E-state index in [0.717, 1.165) is 44.1 Å². The van der Waals surface area contributed by atoms with Crippen LogP contribution in [0.1, 0.15) is 136 Å². The van der Waals surface area contributed by atoms with Crippen molar-refractivity contribution in [3.05, 3.63) is 78.4 Å². The SMILES string of the molecule is C=C/C=C\C(=C)COC(=O)C12CCC[C@@H]1C1CCC3C4(C)CC=C(c5ccc(C(=O)OC(C)(C)C)cc5)C(C)(C)C4CCC3(C)[C@]1(C)CC2. The maximum absolute atomic E-state index is 13.9. The molecule has 1 aromatic carbocycles. The molecule has 266 valence electrons. The first-order valence-corrected chi connectivity index (χ1v) is 19.1. The van der Waals surface area contributed by atoms with Gasteiger partial charge in [0, 0.05) is 0 Å². The number of benzene rings is 1. The van der Waals surface area contributed by atoms with Crippen molar-refractivity contribution < 1.29 is 19.1 Å². The first-order chi connectivity index (χ1) is 22.9. The van der Waals surface area contributed by atoms with Crippen LogP contribution in [0.2, 0.25) is 0 Å². The third-order valence-electron chi connectivity index (χ3n) is 15.0. The van der Waals surface area contributed by atoms with Gasteiger partial charge in [0.1, 0.15) is 12.2 Å². The molecular formula is C45H62O4. The summed E-state index contributed by atoms with van der Waals surface area (Å²) in [7, 11) is 0. The molecule has 0 aromatic heterocycles. The van der Waals surface area contributed by atoms with Crippen molar-refractivity contribution in [2.75, 3.05) is 6.61 Å². The monoisotopic (exact) mass is 666 g/mol. The zero-order chi connectivity index (χ0) is 35.6. The van der Waals surface area contributed by atoms with Gasteiger partial charge in [-0.3, -0.25) is 4.79 Å². The second-order valence-electron chi connectivity index (χ2n) is 18.8. The van der Waals surface area contributed by atoms with Gasteiger partial charge in [-0.05, 0) is 153 Å². The average molecular weight is 667 g/mol. The Hall–Kier alpha value is -2.88. The lowest BCUT2D eigenvalue weighted by atomic mass is 9.32. The number of hydrogen-bond acceptors (Lipinski definition) is 4. The molecule has 0 heterocycles. The summed E-state index contributed by atoms with van der Waals surface area (Å²) in [4.78, 5) is 26.7. The number of allylic oxidation sites excluding steroid dienone is 4. The van der Waals surface area contributed by atoms with Crippen LogP contribution in [-0.4, -0.2) is 24.1 Å². The summed E-state index contributed by atoms with van der Waals surface area (Å²) in [5.41, 5.74) is 3.89. The maximum atomic E-state index is 13.9. The van der Waals surface area contributed by atoms with Gasteiger partial charge in [0.05, 0.1) is 11.0 Å². The molecule has 4 heteroatoms. The summed E-state index contributed by atoms with van der Waals surface area (Å²) < 4.78 is 11.7. The van der Waals surface area contributed by atoms with Crippen molar-refractivity contribution in [1.29, 1.82) is 0 Å². The van der Waals surface area contributed by atoms with Crippen LogP contribution in [0.3, 0.4) is 0 Å². The van der Waals surface area contributed by atoms with Crippen LogP contribution in [-0.2, 0) is 14.3 Å². The summed E-state index contributed by atoms with van der Waals surface area (Å²) >= 11 is 0. The fourth-order valence-electron chi connectivity index (χ4n) is 12.7. The standard InChI is InChI=1S/C45H62O4/c1-11-12-14-30(2)29-48-39(47)45-24-13-15-35(45)34-20-21-37-42(8)25-22-33(31-16-18-32(19-17-31)38(46)49-40(3,4)5)41(6,7)36(42)23-26-44(37,10)43(34,9)27-28-45/h11-12,14,16-19,22,34-37H,1-2,13,15,20-21,23-29H2,3-10H3/b14-12-/t34?,35-,36?,37?,42?,43-,44?,45?/m1/s1. The summed E-state index contributed by atoms with van der Waals surface area (Å²) in [5, 5.41) is 0. The van der Waals surface area contributed by atoms with Gasteiger partial charge in [-0.25, -0.2) is 4.79 Å². The molecular weight excluding hydrogens is 604 g/mol. The zero-order valence-corrected chi connectivity index (χ0v) is 31.8. The van der Waals surface area contributed by atoms with E-state index < -0.39 is 5.60 Å². The van der Waals surface area contributed by atoms with Crippen LogP contribution in [0.4, 0.5) is 0 Å². The van der Waals surface area contributed by atoms with Crippen molar-refractivity contribution in [2.24, 2.45) is 50.7 Å². The number of ether oxygens (including phenoxy) is 2. The Labute approximate surface area is 296 Å². The Bertz CT molecular complexity index is 1550. The predicted molar refractivity (Wildman–Crippen MR) is 200 cm³/mol. The van der Waals surface area contributed by atoms with E-state index in [9.17, 15) is 9.59 Å². The van der Waals surface area contributed by atoms with E-state index in [1.54, 1.807) is 6.08 Å². The first kappa shape index (κ1) is 35.9. The van der Waals surface area contributed by atoms with E-state index in [-0.39, 0.29) is 45.6 Å². The van der Waals surface area contributed by atoms with Gasteiger partial charge in [0.2, 0.25) is 0 Å². The van der Waals surface area contributed by atoms with E-state index in [1.165, 1.54) is 36.8 Å². The summed E-state index contributed by atoms with van der Waals surface area (Å²) in [6, 6.07) is 8.13. The molecule has 8 atom stereocenters. The van der Waals surface area contributed by atoms with Gasteiger partial charge in [-0.15, -0.1) is 0 Å². The Balaban J connectivity index is 1.24. The van der Waals surface area contributed by atoms with Gasteiger partial charge in [0.25, 0.3) is 0 Å². The number of carbonyl (C=O) groups excluding carboxylic acids is 2. The molecule has 4 nitrogen and oxygen atoms in total. The quantitative estimate of drug-likeness (QED) is 0.215. The second-order valence-corrected chi connectivity index (χ2v) is 18.8. The number of carbonyl (C=O) groups is 2. The molecule has 0 radical (unpaired) electrons. The van der Waals surface area contributed by atoms with Gasteiger partial charge in [-0.1, -0.05) is 90.6 Å². The molecule has 0 aliphatic heterocycles. The zero-order valence-electron chi connectivity index (χ0n) is 31.8. The molecule has 6 unspecified atom stereocenters. The molecule has 1 aromatic rings.